The SMILES string of the molecule is O=C(N[C@H](Cc1ccc(-c2cc(Cl)ccc2F)cc1)C[C@@H](CCN1CC(F)(F)C1)C(=O)O)c1cnn[nH]1. The van der Waals surface area contributed by atoms with Crippen LogP contribution >= 0.6 is 11.6 Å². The fraction of sp³-hybridized carbons (Fsp3) is 0.360. The molecule has 196 valence electrons. The molecular formula is C25H25ClF3N5O3. The molecule has 12 heteroatoms. The highest BCUT2D eigenvalue weighted by atomic mass is 35.5. The molecule has 0 spiro atoms. The molecule has 3 aromatic rings. The summed E-state index contributed by atoms with van der Waals surface area (Å²) in [5, 5.41) is 22.6. The molecule has 1 saturated heterocycles. The second-order valence-corrected chi connectivity index (χ2v) is 9.63. The Morgan fingerprint density at radius 3 is 2.54 bits per heavy atom. The van der Waals surface area contributed by atoms with Gasteiger partial charge in [-0.25, -0.2) is 13.2 Å². The highest BCUT2D eigenvalue weighted by molar-refractivity contribution is 6.30. The van der Waals surface area contributed by atoms with Crippen LogP contribution in [0, 0.1) is 11.7 Å². The largest absolute Gasteiger partial charge is 0.481 e. The lowest BCUT2D eigenvalue weighted by molar-refractivity contribution is -0.145. The van der Waals surface area contributed by atoms with E-state index in [1.807, 2.05) is 0 Å². The van der Waals surface area contributed by atoms with Crippen LogP contribution in [0.25, 0.3) is 11.1 Å². The zero-order valence-electron chi connectivity index (χ0n) is 19.6. The lowest BCUT2D eigenvalue weighted by Crippen LogP contribution is -2.56. The number of carbonyl (C=O) groups excluding carboxylic acids is 1. The predicted octanol–water partition coefficient (Wildman–Crippen LogP) is 4.04. The number of nitrogens with one attached hydrogen (secondary N) is 2. The molecule has 1 aliphatic heterocycles. The van der Waals surface area contributed by atoms with E-state index < -0.39 is 35.6 Å². The highest BCUT2D eigenvalue weighted by Crippen LogP contribution is 2.29. The van der Waals surface area contributed by atoms with Gasteiger partial charge in [0.1, 0.15) is 11.5 Å². The van der Waals surface area contributed by atoms with Gasteiger partial charge in [0.15, 0.2) is 0 Å². The number of aromatic amines is 1. The van der Waals surface area contributed by atoms with Crippen LogP contribution in [0.2, 0.25) is 5.02 Å². The summed E-state index contributed by atoms with van der Waals surface area (Å²) < 4.78 is 40.5. The third-order valence-electron chi connectivity index (χ3n) is 6.29. The smallest absolute Gasteiger partial charge is 0.306 e. The lowest BCUT2D eigenvalue weighted by atomic mass is 9.91. The number of hydrogen-bond donors (Lipinski definition) is 3. The van der Waals surface area contributed by atoms with Crippen LogP contribution in [0.1, 0.15) is 28.9 Å². The maximum atomic E-state index is 14.2. The second-order valence-electron chi connectivity index (χ2n) is 9.19. The number of carboxylic acid groups (broad SMARTS) is 1. The molecule has 2 aromatic carbocycles. The van der Waals surface area contributed by atoms with Gasteiger partial charge in [0.05, 0.1) is 25.2 Å². The number of rotatable bonds is 11. The molecular weight excluding hydrogens is 511 g/mol. The van der Waals surface area contributed by atoms with Crippen LogP contribution in [-0.4, -0.2) is 68.9 Å². The molecule has 0 bridgehead atoms. The molecule has 8 nitrogen and oxygen atoms in total. The van der Waals surface area contributed by atoms with Crippen LogP contribution < -0.4 is 5.32 Å². The van der Waals surface area contributed by atoms with Crippen molar-refractivity contribution in [1.82, 2.24) is 25.6 Å². The first-order chi connectivity index (χ1) is 17.6. The molecule has 3 N–H and O–H groups in total. The van der Waals surface area contributed by atoms with E-state index in [0.29, 0.717) is 16.1 Å². The summed E-state index contributed by atoms with van der Waals surface area (Å²) in [7, 11) is 0. The van der Waals surface area contributed by atoms with E-state index in [1.165, 1.54) is 29.3 Å². The average Bonchev–Trinajstić information content (AvgIpc) is 3.37. The summed E-state index contributed by atoms with van der Waals surface area (Å²) in [4.78, 5) is 26.1. The van der Waals surface area contributed by atoms with Gasteiger partial charge in [-0.2, -0.15) is 0 Å². The third kappa shape index (κ3) is 7.07. The standard InChI is InChI=1S/C25H25ClF3N5O3/c26-18-5-6-21(27)20(11-18)16-3-1-15(2-4-16)9-19(31-23(35)22-12-30-33-32-22)10-17(24(36)37)7-8-34-13-25(28,29)14-34/h1-6,11-12,17,19H,7-10,13-14H2,(H,31,35)(H,36,37)(H,30,32,33)/t17-,19-/m1/s1. The van der Waals surface area contributed by atoms with Gasteiger partial charge in [-0.15, -0.1) is 5.10 Å². The van der Waals surface area contributed by atoms with E-state index in [4.69, 9.17) is 11.6 Å². The minimum absolute atomic E-state index is 0.0809. The van der Waals surface area contributed by atoms with Crippen molar-refractivity contribution in [3.05, 3.63) is 70.8 Å². The molecule has 1 fully saturated rings. The van der Waals surface area contributed by atoms with Crippen LogP contribution in [0.15, 0.2) is 48.7 Å². The molecule has 37 heavy (non-hydrogen) atoms. The third-order valence-corrected chi connectivity index (χ3v) is 6.53. The zero-order valence-corrected chi connectivity index (χ0v) is 20.4. The van der Waals surface area contributed by atoms with E-state index >= 15 is 0 Å². The van der Waals surface area contributed by atoms with Gasteiger partial charge < -0.3 is 10.4 Å². The van der Waals surface area contributed by atoms with E-state index in [1.54, 1.807) is 24.3 Å². The predicted molar refractivity (Wildman–Crippen MR) is 130 cm³/mol. The van der Waals surface area contributed by atoms with Crippen molar-refractivity contribution in [2.24, 2.45) is 5.92 Å². The molecule has 2 atom stereocenters. The number of carboxylic acids is 1. The van der Waals surface area contributed by atoms with E-state index in [0.717, 1.165) is 5.56 Å². The number of halogens is 4. The van der Waals surface area contributed by atoms with Crippen LogP contribution in [0.3, 0.4) is 0 Å². The van der Waals surface area contributed by atoms with Gasteiger partial charge in [0, 0.05) is 16.6 Å². The molecule has 0 aliphatic carbocycles. The van der Waals surface area contributed by atoms with Gasteiger partial charge >= 0.3 is 5.97 Å². The summed E-state index contributed by atoms with van der Waals surface area (Å²) in [5.41, 5.74) is 1.86. The number of hydrogen-bond acceptors (Lipinski definition) is 5. The topological polar surface area (TPSA) is 111 Å². The number of benzene rings is 2. The second kappa shape index (κ2) is 11.3. The number of amides is 1. The number of H-pyrrole nitrogens is 1. The number of nitrogens with zero attached hydrogens (tertiary/aromatic N) is 3. The van der Waals surface area contributed by atoms with E-state index in [9.17, 15) is 27.9 Å². The summed E-state index contributed by atoms with van der Waals surface area (Å²) in [6.45, 7) is -0.546. The van der Waals surface area contributed by atoms with Crippen molar-refractivity contribution in [2.75, 3.05) is 19.6 Å². The van der Waals surface area contributed by atoms with Crippen molar-refractivity contribution in [1.29, 1.82) is 0 Å². The van der Waals surface area contributed by atoms with Crippen molar-refractivity contribution >= 4 is 23.5 Å². The number of aliphatic carboxylic acids is 1. The molecule has 1 aromatic heterocycles. The van der Waals surface area contributed by atoms with Crippen LogP contribution in [-0.2, 0) is 11.2 Å². The molecule has 0 radical (unpaired) electrons. The van der Waals surface area contributed by atoms with Gasteiger partial charge in [-0.1, -0.05) is 41.1 Å². The Bertz CT molecular complexity index is 1230. The molecule has 1 aliphatic rings. The Balaban J connectivity index is 1.47. The van der Waals surface area contributed by atoms with Crippen molar-refractivity contribution in [3.8, 4) is 11.1 Å². The zero-order chi connectivity index (χ0) is 26.6. The quantitative estimate of drug-likeness (QED) is 0.342. The minimum atomic E-state index is -2.73. The average molecular weight is 536 g/mol. The fourth-order valence-electron chi connectivity index (χ4n) is 4.38. The summed E-state index contributed by atoms with van der Waals surface area (Å²) in [6, 6.07) is 10.7. The van der Waals surface area contributed by atoms with Crippen molar-refractivity contribution in [2.45, 2.75) is 31.2 Å². The lowest BCUT2D eigenvalue weighted by Gasteiger charge is -2.39. The van der Waals surface area contributed by atoms with Gasteiger partial charge in [0.25, 0.3) is 11.8 Å². The van der Waals surface area contributed by atoms with Crippen LogP contribution in [0.4, 0.5) is 13.2 Å². The van der Waals surface area contributed by atoms with E-state index in [2.05, 4.69) is 20.7 Å². The van der Waals surface area contributed by atoms with Crippen molar-refractivity contribution < 1.29 is 27.9 Å². The Morgan fingerprint density at radius 1 is 1.19 bits per heavy atom. The van der Waals surface area contributed by atoms with Gasteiger partial charge in [0.2, 0.25) is 0 Å². The normalized spacial score (nSPS) is 16.5. The number of carbonyl (C=O) groups is 2. The first-order valence-electron chi connectivity index (χ1n) is 11.6. The number of aromatic nitrogens is 3. The summed E-state index contributed by atoms with van der Waals surface area (Å²) in [5.74, 6) is -5.58. The number of likely N-dealkylation sites (tertiary alicyclic amines) is 1. The fourth-order valence-corrected chi connectivity index (χ4v) is 4.55. The molecule has 1 amide bonds. The summed E-state index contributed by atoms with van der Waals surface area (Å²) in [6.07, 6.45) is 1.78. The Kier molecular flexibility index (Phi) is 8.13. The van der Waals surface area contributed by atoms with Crippen molar-refractivity contribution in [3.63, 3.8) is 0 Å². The van der Waals surface area contributed by atoms with Gasteiger partial charge in [-0.05, 0) is 55.1 Å². The first kappa shape index (κ1) is 26.6. The minimum Gasteiger partial charge on any atom is -0.481 e. The highest BCUT2D eigenvalue weighted by Gasteiger charge is 2.43. The molecule has 2 heterocycles. The molecule has 4 rings (SSSR count). The Labute approximate surface area is 215 Å². The maximum Gasteiger partial charge on any atom is 0.306 e. The van der Waals surface area contributed by atoms with E-state index in [-0.39, 0.29) is 44.6 Å². The molecule has 0 unspecified atom stereocenters. The Morgan fingerprint density at radius 2 is 1.92 bits per heavy atom. The van der Waals surface area contributed by atoms with Crippen LogP contribution in [0.5, 0.6) is 0 Å². The molecule has 0 saturated carbocycles. The Hall–Kier alpha value is -3.44. The number of alkyl halides is 2. The maximum absolute atomic E-state index is 14.2. The first-order valence-corrected chi connectivity index (χ1v) is 12.0. The monoisotopic (exact) mass is 535 g/mol. The summed E-state index contributed by atoms with van der Waals surface area (Å²) >= 11 is 6.00. The van der Waals surface area contributed by atoms with Gasteiger partial charge in [-0.3, -0.25) is 19.6 Å².